The van der Waals surface area contributed by atoms with E-state index in [0.717, 1.165) is 25.6 Å². The summed E-state index contributed by atoms with van der Waals surface area (Å²) in [6.07, 6.45) is 0.0422. The Balaban J connectivity index is 0.00000261. The monoisotopic (exact) mass is 485 g/mol. The highest BCUT2D eigenvalue weighted by Crippen LogP contribution is 2.26. The summed E-state index contributed by atoms with van der Waals surface area (Å²) in [7, 11) is 0. The first kappa shape index (κ1) is 21.6. The smallest absolute Gasteiger partial charge is 0.223 e. The average molecular weight is 485 g/mol. The van der Waals surface area contributed by atoms with E-state index in [9.17, 15) is 0 Å². The topological polar surface area (TPSA) is 75.8 Å². The van der Waals surface area contributed by atoms with Gasteiger partial charge in [0.2, 0.25) is 5.89 Å². The van der Waals surface area contributed by atoms with Gasteiger partial charge in [-0.1, -0.05) is 28.9 Å². The molecule has 8 heteroatoms. The van der Waals surface area contributed by atoms with E-state index < -0.39 is 0 Å². The Bertz CT molecular complexity index is 777. The van der Waals surface area contributed by atoms with Crippen molar-refractivity contribution in [2.75, 3.05) is 26.2 Å². The maximum Gasteiger partial charge on any atom is 0.223 e. The van der Waals surface area contributed by atoms with Crippen LogP contribution in [-0.2, 0) is 11.3 Å². The van der Waals surface area contributed by atoms with Crippen LogP contribution in [0.25, 0.3) is 0 Å². The number of aryl methyl sites for hydroxylation is 3. The molecule has 1 aliphatic rings. The lowest BCUT2D eigenvalue weighted by Crippen LogP contribution is -2.48. The summed E-state index contributed by atoms with van der Waals surface area (Å²) in [6, 6.07) is 6.52. The van der Waals surface area contributed by atoms with Crippen LogP contribution >= 0.6 is 24.0 Å². The van der Waals surface area contributed by atoms with Crippen molar-refractivity contribution < 1.29 is 9.26 Å². The highest BCUT2D eigenvalue weighted by Gasteiger charge is 2.25. The Hall–Kier alpha value is -1.68. The minimum atomic E-state index is 0. The number of benzene rings is 1. The summed E-state index contributed by atoms with van der Waals surface area (Å²) in [5, 5.41) is 7.27. The summed E-state index contributed by atoms with van der Waals surface area (Å²) in [5.74, 6) is 2.01. The second kappa shape index (κ2) is 10.0. The first-order valence-electron chi connectivity index (χ1n) is 9.08. The number of rotatable bonds is 4. The van der Waals surface area contributed by atoms with E-state index in [1.54, 1.807) is 6.92 Å². The van der Waals surface area contributed by atoms with Crippen molar-refractivity contribution in [3.63, 3.8) is 0 Å². The fourth-order valence-corrected chi connectivity index (χ4v) is 3.19. The Kier molecular flexibility index (Phi) is 8.03. The second-order valence-electron chi connectivity index (χ2n) is 6.57. The fourth-order valence-electron chi connectivity index (χ4n) is 3.19. The van der Waals surface area contributed by atoms with Crippen molar-refractivity contribution in [3.05, 3.63) is 46.6 Å². The molecule has 1 fully saturated rings. The molecule has 2 aromatic rings. The van der Waals surface area contributed by atoms with Crippen molar-refractivity contribution in [3.8, 4) is 0 Å². The SMILES string of the molecule is CCNC(=NCc1noc(C)n1)N1CCOC(c2ccc(C)cc2C)C1.I. The lowest BCUT2D eigenvalue weighted by atomic mass is 10.00. The average Bonchev–Trinajstić information content (AvgIpc) is 3.04. The maximum atomic E-state index is 6.05. The van der Waals surface area contributed by atoms with Gasteiger partial charge in [-0.25, -0.2) is 4.99 Å². The highest BCUT2D eigenvalue weighted by atomic mass is 127. The maximum absolute atomic E-state index is 6.05. The van der Waals surface area contributed by atoms with Crippen molar-refractivity contribution in [2.45, 2.75) is 40.3 Å². The normalized spacial score (nSPS) is 17.6. The molecule has 148 valence electrons. The minimum Gasteiger partial charge on any atom is -0.370 e. The lowest BCUT2D eigenvalue weighted by molar-refractivity contribution is -0.00835. The van der Waals surface area contributed by atoms with Crippen LogP contribution in [0.3, 0.4) is 0 Å². The van der Waals surface area contributed by atoms with Crippen LogP contribution in [0.1, 0.15) is 41.4 Å². The molecule has 1 saturated heterocycles. The van der Waals surface area contributed by atoms with Gasteiger partial charge < -0.3 is 19.5 Å². The molecular formula is C19H28IN5O2. The third-order valence-corrected chi connectivity index (χ3v) is 4.41. The van der Waals surface area contributed by atoms with Crippen molar-refractivity contribution in [2.24, 2.45) is 4.99 Å². The van der Waals surface area contributed by atoms with Gasteiger partial charge in [0.1, 0.15) is 12.6 Å². The Morgan fingerprint density at radius 3 is 2.81 bits per heavy atom. The first-order chi connectivity index (χ1) is 12.6. The lowest BCUT2D eigenvalue weighted by Gasteiger charge is -2.35. The van der Waals surface area contributed by atoms with Crippen LogP contribution in [0.2, 0.25) is 0 Å². The second-order valence-corrected chi connectivity index (χ2v) is 6.57. The summed E-state index contributed by atoms with van der Waals surface area (Å²) in [4.78, 5) is 11.1. The van der Waals surface area contributed by atoms with Gasteiger partial charge in [-0.3, -0.25) is 0 Å². The molecule has 0 amide bonds. The molecule has 3 rings (SSSR count). The van der Waals surface area contributed by atoms with E-state index in [2.05, 4.69) is 64.3 Å². The summed E-state index contributed by atoms with van der Waals surface area (Å²) < 4.78 is 11.1. The zero-order valence-electron chi connectivity index (χ0n) is 16.4. The first-order valence-corrected chi connectivity index (χ1v) is 9.08. The fraction of sp³-hybridized carbons (Fsp3) is 0.526. The largest absolute Gasteiger partial charge is 0.370 e. The number of nitrogens with zero attached hydrogens (tertiary/aromatic N) is 4. The zero-order chi connectivity index (χ0) is 18.5. The molecular weight excluding hydrogens is 457 g/mol. The number of halogens is 1. The number of nitrogens with one attached hydrogen (secondary N) is 1. The third-order valence-electron chi connectivity index (χ3n) is 4.41. The van der Waals surface area contributed by atoms with Crippen LogP contribution in [0.4, 0.5) is 0 Å². The van der Waals surface area contributed by atoms with Gasteiger partial charge in [0.05, 0.1) is 13.2 Å². The number of ether oxygens (including phenoxy) is 1. The predicted octanol–water partition coefficient (Wildman–Crippen LogP) is 3.15. The van der Waals surface area contributed by atoms with Crippen molar-refractivity contribution >= 4 is 29.9 Å². The summed E-state index contributed by atoms with van der Waals surface area (Å²) in [5.41, 5.74) is 3.77. The van der Waals surface area contributed by atoms with Gasteiger partial charge in [-0.15, -0.1) is 24.0 Å². The van der Waals surface area contributed by atoms with Crippen LogP contribution in [0.5, 0.6) is 0 Å². The zero-order valence-corrected chi connectivity index (χ0v) is 18.7. The molecule has 1 atom stereocenters. The van der Waals surface area contributed by atoms with E-state index in [0.29, 0.717) is 24.9 Å². The third kappa shape index (κ3) is 5.65. The van der Waals surface area contributed by atoms with Gasteiger partial charge in [-0.05, 0) is 31.9 Å². The quantitative estimate of drug-likeness (QED) is 0.408. The molecule has 27 heavy (non-hydrogen) atoms. The highest BCUT2D eigenvalue weighted by molar-refractivity contribution is 14.0. The molecule has 1 aliphatic heterocycles. The molecule has 0 spiro atoms. The molecule has 1 aromatic heterocycles. The number of hydrogen-bond acceptors (Lipinski definition) is 5. The number of aromatic nitrogens is 2. The summed E-state index contributed by atoms with van der Waals surface area (Å²) >= 11 is 0. The molecule has 0 aliphatic carbocycles. The number of morpholine rings is 1. The van der Waals surface area contributed by atoms with E-state index in [-0.39, 0.29) is 30.1 Å². The Morgan fingerprint density at radius 1 is 1.33 bits per heavy atom. The molecule has 0 bridgehead atoms. The van der Waals surface area contributed by atoms with Crippen LogP contribution in [0, 0.1) is 20.8 Å². The molecule has 1 N–H and O–H groups in total. The van der Waals surface area contributed by atoms with Gasteiger partial charge in [-0.2, -0.15) is 4.98 Å². The van der Waals surface area contributed by atoms with Gasteiger partial charge >= 0.3 is 0 Å². The van der Waals surface area contributed by atoms with E-state index in [1.165, 1.54) is 16.7 Å². The number of hydrogen-bond donors (Lipinski definition) is 1. The van der Waals surface area contributed by atoms with Crippen LogP contribution < -0.4 is 5.32 Å². The van der Waals surface area contributed by atoms with Crippen molar-refractivity contribution in [1.29, 1.82) is 0 Å². The van der Waals surface area contributed by atoms with E-state index >= 15 is 0 Å². The molecule has 7 nitrogen and oxygen atoms in total. The summed E-state index contributed by atoms with van der Waals surface area (Å²) in [6.45, 7) is 11.5. The molecule has 2 heterocycles. The van der Waals surface area contributed by atoms with Gasteiger partial charge in [0, 0.05) is 20.0 Å². The Labute approximate surface area is 177 Å². The van der Waals surface area contributed by atoms with Gasteiger partial charge in [0.15, 0.2) is 11.8 Å². The number of guanidine groups is 1. The van der Waals surface area contributed by atoms with Crippen LogP contribution in [0.15, 0.2) is 27.7 Å². The Morgan fingerprint density at radius 2 is 2.15 bits per heavy atom. The van der Waals surface area contributed by atoms with E-state index in [1.807, 2.05) is 0 Å². The molecule has 1 aromatic carbocycles. The molecule has 0 saturated carbocycles. The van der Waals surface area contributed by atoms with Crippen LogP contribution in [-0.4, -0.2) is 47.2 Å². The standard InChI is InChI=1S/C19H27N5O2.HI/c1-5-20-19(21-11-18-22-15(4)26-23-18)24-8-9-25-17(12-24)16-7-6-13(2)10-14(16)3;/h6-7,10,17H,5,8-9,11-12H2,1-4H3,(H,20,21);1H. The molecule has 0 radical (unpaired) electrons. The van der Waals surface area contributed by atoms with Gasteiger partial charge in [0.25, 0.3) is 0 Å². The van der Waals surface area contributed by atoms with E-state index in [4.69, 9.17) is 9.26 Å². The number of aliphatic imine (C=N–C) groups is 1. The predicted molar refractivity (Wildman–Crippen MR) is 115 cm³/mol. The molecule has 1 unspecified atom stereocenters. The minimum absolute atomic E-state index is 0. The van der Waals surface area contributed by atoms with Crippen molar-refractivity contribution in [1.82, 2.24) is 20.4 Å².